The minimum Gasteiger partial charge on any atom is -0.460 e. The maximum atomic E-state index is 11.2. The molecule has 0 bridgehead atoms. The van der Waals surface area contributed by atoms with Crippen LogP contribution in [-0.4, -0.2) is 17.5 Å². The molecule has 0 aliphatic rings. The van der Waals surface area contributed by atoms with Crippen molar-refractivity contribution in [2.24, 2.45) is 11.7 Å². The van der Waals surface area contributed by atoms with Gasteiger partial charge in [-0.2, -0.15) is 0 Å². The van der Waals surface area contributed by atoms with Crippen LogP contribution >= 0.6 is 0 Å². The lowest BCUT2D eigenvalue weighted by atomic mass is 10.1. The monoisotopic (exact) mass is 233 g/mol. The fourth-order valence-corrected chi connectivity index (χ4v) is 0.869. The number of rotatable bonds is 4. The SMILES string of the molecule is CC.C[C@@H](CCC(=O)OC(C)(C)C)C(N)=O.[HH]. The summed E-state index contributed by atoms with van der Waals surface area (Å²) in [4.78, 5) is 21.9. The second-order valence-electron chi connectivity index (χ2n) is 4.43. The first-order valence-corrected chi connectivity index (χ1v) is 5.73. The Morgan fingerprint density at radius 1 is 1.31 bits per heavy atom. The third-order valence-electron chi connectivity index (χ3n) is 1.69. The Hall–Kier alpha value is -1.06. The van der Waals surface area contributed by atoms with Crippen molar-refractivity contribution in [2.45, 2.75) is 60.0 Å². The van der Waals surface area contributed by atoms with Gasteiger partial charge in [0.2, 0.25) is 5.91 Å². The van der Waals surface area contributed by atoms with Gasteiger partial charge in [-0.05, 0) is 27.2 Å². The van der Waals surface area contributed by atoms with E-state index in [2.05, 4.69) is 0 Å². The van der Waals surface area contributed by atoms with Crippen molar-refractivity contribution in [2.75, 3.05) is 0 Å². The number of hydrogen-bond acceptors (Lipinski definition) is 3. The zero-order chi connectivity index (χ0) is 13.4. The first-order chi connectivity index (χ1) is 7.22. The highest BCUT2D eigenvalue weighted by molar-refractivity contribution is 5.77. The van der Waals surface area contributed by atoms with Crippen LogP contribution in [0.4, 0.5) is 0 Å². The van der Waals surface area contributed by atoms with Gasteiger partial charge in [0, 0.05) is 13.8 Å². The number of carbonyl (C=O) groups excluding carboxylic acids is 2. The second-order valence-corrected chi connectivity index (χ2v) is 4.43. The van der Waals surface area contributed by atoms with E-state index >= 15 is 0 Å². The highest BCUT2D eigenvalue weighted by Gasteiger charge is 2.17. The molecule has 0 heterocycles. The van der Waals surface area contributed by atoms with Crippen LogP contribution in [-0.2, 0) is 14.3 Å². The molecule has 0 aromatic rings. The predicted molar refractivity (Wildman–Crippen MR) is 66.9 cm³/mol. The molecule has 0 saturated heterocycles. The van der Waals surface area contributed by atoms with Gasteiger partial charge in [0.05, 0.1) is 0 Å². The summed E-state index contributed by atoms with van der Waals surface area (Å²) in [5, 5.41) is 0. The van der Waals surface area contributed by atoms with Crippen molar-refractivity contribution < 1.29 is 15.8 Å². The summed E-state index contributed by atoms with van der Waals surface area (Å²) in [5.74, 6) is -0.943. The summed E-state index contributed by atoms with van der Waals surface area (Å²) in [6.07, 6.45) is 0.686. The molecular formula is C12H27NO3. The van der Waals surface area contributed by atoms with Gasteiger partial charge in [0.15, 0.2) is 0 Å². The Labute approximate surface area is 100 Å². The number of carbonyl (C=O) groups is 2. The summed E-state index contributed by atoms with van der Waals surface area (Å²) in [6, 6.07) is 0. The highest BCUT2D eigenvalue weighted by Crippen LogP contribution is 2.11. The first-order valence-electron chi connectivity index (χ1n) is 5.73. The quantitative estimate of drug-likeness (QED) is 0.758. The molecule has 2 N–H and O–H groups in total. The summed E-state index contributed by atoms with van der Waals surface area (Å²) in [6.45, 7) is 11.1. The Morgan fingerprint density at radius 3 is 2.06 bits per heavy atom. The summed E-state index contributed by atoms with van der Waals surface area (Å²) >= 11 is 0. The average Bonchev–Trinajstić information content (AvgIpc) is 2.14. The highest BCUT2D eigenvalue weighted by atomic mass is 16.6. The van der Waals surface area contributed by atoms with Crippen LogP contribution in [0.3, 0.4) is 0 Å². The maximum absolute atomic E-state index is 11.2. The van der Waals surface area contributed by atoms with Crippen LogP contribution in [0, 0.1) is 5.92 Å². The molecule has 0 aliphatic carbocycles. The molecule has 1 atom stereocenters. The lowest BCUT2D eigenvalue weighted by Gasteiger charge is -2.19. The van der Waals surface area contributed by atoms with Crippen LogP contribution in [0.2, 0.25) is 0 Å². The second kappa shape index (κ2) is 8.13. The molecule has 1 amide bonds. The minimum atomic E-state index is -0.465. The van der Waals surface area contributed by atoms with Gasteiger partial charge in [-0.15, -0.1) is 0 Å². The van der Waals surface area contributed by atoms with Gasteiger partial charge in [-0.25, -0.2) is 0 Å². The van der Waals surface area contributed by atoms with Crippen molar-refractivity contribution in [1.29, 1.82) is 0 Å². The van der Waals surface area contributed by atoms with E-state index in [-0.39, 0.29) is 25.6 Å². The van der Waals surface area contributed by atoms with Crippen LogP contribution in [0.5, 0.6) is 0 Å². The van der Waals surface area contributed by atoms with E-state index in [1.165, 1.54) is 0 Å². The molecule has 16 heavy (non-hydrogen) atoms. The van der Waals surface area contributed by atoms with Crippen molar-refractivity contribution in [1.82, 2.24) is 0 Å². The largest absolute Gasteiger partial charge is 0.460 e. The Morgan fingerprint density at radius 2 is 1.75 bits per heavy atom. The zero-order valence-corrected chi connectivity index (χ0v) is 11.3. The third kappa shape index (κ3) is 11.0. The number of ether oxygens (including phenoxy) is 1. The lowest BCUT2D eigenvalue weighted by molar-refractivity contribution is -0.155. The fraction of sp³-hybridized carbons (Fsp3) is 0.833. The molecule has 0 aromatic carbocycles. The molecule has 0 fully saturated rings. The lowest BCUT2D eigenvalue weighted by Crippen LogP contribution is -2.25. The molecule has 4 nitrogen and oxygen atoms in total. The van der Waals surface area contributed by atoms with E-state index in [1.54, 1.807) is 6.92 Å². The van der Waals surface area contributed by atoms with Crippen LogP contribution < -0.4 is 5.73 Å². The number of nitrogens with two attached hydrogens (primary N) is 1. The molecule has 0 radical (unpaired) electrons. The summed E-state index contributed by atoms with van der Waals surface area (Å²) < 4.78 is 5.08. The van der Waals surface area contributed by atoms with Gasteiger partial charge in [-0.3, -0.25) is 9.59 Å². The summed E-state index contributed by atoms with van der Waals surface area (Å²) in [5.41, 5.74) is 4.59. The van der Waals surface area contributed by atoms with Crippen LogP contribution in [0.15, 0.2) is 0 Å². The molecule has 0 unspecified atom stereocenters. The van der Waals surface area contributed by atoms with Crippen LogP contribution in [0.25, 0.3) is 0 Å². The van der Waals surface area contributed by atoms with Crippen molar-refractivity contribution in [3.8, 4) is 0 Å². The van der Waals surface area contributed by atoms with Gasteiger partial charge in [0.1, 0.15) is 5.60 Å². The van der Waals surface area contributed by atoms with Crippen molar-refractivity contribution in [3.63, 3.8) is 0 Å². The Bertz CT molecular complexity index is 224. The summed E-state index contributed by atoms with van der Waals surface area (Å²) in [7, 11) is 0. The molecular weight excluding hydrogens is 206 g/mol. The predicted octanol–water partition coefficient (Wildman–Crippen LogP) is 2.50. The van der Waals surface area contributed by atoms with Crippen molar-refractivity contribution in [3.05, 3.63) is 0 Å². The molecule has 98 valence electrons. The number of amides is 1. The van der Waals surface area contributed by atoms with Crippen molar-refractivity contribution >= 4 is 11.9 Å². The topological polar surface area (TPSA) is 69.4 Å². The van der Waals surface area contributed by atoms with Crippen LogP contribution in [0.1, 0.15) is 55.8 Å². The minimum absolute atomic E-state index is 0. The molecule has 4 heteroatoms. The zero-order valence-electron chi connectivity index (χ0n) is 11.3. The molecule has 0 aromatic heterocycles. The normalized spacial score (nSPS) is 12.1. The Kier molecular flexibility index (Phi) is 8.81. The first kappa shape index (κ1) is 17.3. The van der Waals surface area contributed by atoms with Gasteiger partial charge < -0.3 is 10.5 Å². The number of esters is 1. The van der Waals surface area contributed by atoms with E-state index in [1.807, 2.05) is 34.6 Å². The fourth-order valence-electron chi connectivity index (χ4n) is 0.869. The molecule has 0 saturated carbocycles. The van der Waals surface area contributed by atoms with E-state index < -0.39 is 5.60 Å². The van der Waals surface area contributed by atoms with E-state index in [0.717, 1.165) is 0 Å². The molecule has 0 spiro atoms. The van der Waals surface area contributed by atoms with Gasteiger partial charge in [-0.1, -0.05) is 20.8 Å². The maximum Gasteiger partial charge on any atom is 0.306 e. The standard InChI is InChI=1S/C10H19NO3.C2H6.H2/c1-7(9(11)13)5-6-8(12)14-10(2,3)4;1-2;/h7H,5-6H2,1-4H3,(H2,11,13);1-2H3;1H/t7-;;/m0../s1. The smallest absolute Gasteiger partial charge is 0.306 e. The average molecular weight is 233 g/mol. The van der Waals surface area contributed by atoms with Gasteiger partial charge >= 0.3 is 5.97 Å². The molecule has 0 rings (SSSR count). The molecule has 0 aliphatic heterocycles. The van der Waals surface area contributed by atoms with E-state index in [4.69, 9.17) is 10.5 Å². The Balaban J connectivity index is -0.000000616. The van der Waals surface area contributed by atoms with E-state index in [9.17, 15) is 9.59 Å². The van der Waals surface area contributed by atoms with Gasteiger partial charge in [0.25, 0.3) is 0 Å². The third-order valence-corrected chi connectivity index (χ3v) is 1.69. The van der Waals surface area contributed by atoms with E-state index in [0.29, 0.717) is 6.42 Å². The number of hydrogen-bond donors (Lipinski definition) is 1. The number of primary amides is 1.